The minimum absolute atomic E-state index is 0.0822. The second-order valence-corrected chi connectivity index (χ2v) is 25.5. The zero-order valence-electron chi connectivity index (χ0n) is 46.6. The number of benzene rings is 4. The highest BCUT2D eigenvalue weighted by Crippen LogP contribution is 2.23. The highest BCUT2D eigenvalue weighted by molar-refractivity contribution is 7.13. The van der Waals surface area contributed by atoms with Crippen LogP contribution in [0.4, 0.5) is 0 Å². The van der Waals surface area contributed by atoms with E-state index in [9.17, 15) is 4.79 Å². The van der Waals surface area contributed by atoms with Crippen molar-refractivity contribution in [3.05, 3.63) is 248 Å². The first-order valence-electron chi connectivity index (χ1n) is 24.9. The van der Waals surface area contributed by atoms with Gasteiger partial charge in [0.2, 0.25) is 0 Å². The molecule has 5 heterocycles. The fourth-order valence-corrected chi connectivity index (χ4v) is 11.6. The van der Waals surface area contributed by atoms with Gasteiger partial charge in [-0.3, -0.25) is 4.79 Å². The summed E-state index contributed by atoms with van der Waals surface area (Å²) in [5, 5.41) is 0. The van der Waals surface area contributed by atoms with Gasteiger partial charge in [0.1, 0.15) is 0 Å². The topological polar surface area (TPSA) is 17.1 Å². The van der Waals surface area contributed by atoms with Gasteiger partial charge >= 0.3 is 0 Å². The number of hydrogen-bond donors (Lipinski definition) is 0. The number of rotatable bonds is 1. The molecule has 0 saturated carbocycles. The normalized spacial score (nSPS) is 9.57. The van der Waals surface area contributed by atoms with Crippen LogP contribution in [0.3, 0.4) is 0 Å². The molecule has 1 nitrogen and oxygen atoms in total. The van der Waals surface area contributed by atoms with Gasteiger partial charge in [0.15, 0.2) is 5.78 Å². The summed E-state index contributed by atoms with van der Waals surface area (Å²) in [6, 6.07) is 43.1. The number of ketones is 1. The van der Waals surface area contributed by atoms with E-state index in [1.165, 1.54) is 71.0 Å². The maximum Gasteiger partial charge on any atom is 0.159 e. The molecule has 0 fully saturated rings. The monoisotopic (exact) mass is 1080 g/mol. The van der Waals surface area contributed by atoms with Crippen molar-refractivity contribution in [1.29, 1.82) is 0 Å². The van der Waals surface area contributed by atoms with E-state index in [1.54, 1.807) is 63.6 Å². The van der Waals surface area contributed by atoms with E-state index in [0.717, 1.165) is 50.1 Å². The van der Waals surface area contributed by atoms with E-state index < -0.39 is 0 Å². The molecule has 9 rings (SSSR count). The van der Waals surface area contributed by atoms with Gasteiger partial charge in [-0.2, -0.15) is 0 Å². The Hall–Kier alpha value is -7.15. The second-order valence-electron chi connectivity index (χ2n) is 18.2. The minimum atomic E-state index is 0.0822. The van der Waals surface area contributed by atoms with E-state index in [1.807, 2.05) is 31.2 Å². The molecule has 5 aromatic heterocycles. The van der Waals surface area contributed by atoms with Crippen molar-refractivity contribution >= 4 is 62.5 Å². The molecule has 0 atom stereocenters. The lowest BCUT2D eigenvalue weighted by Crippen LogP contribution is -1.90. The Morgan fingerprint density at radius 3 is 0.697 bits per heavy atom. The van der Waals surface area contributed by atoms with Crippen LogP contribution in [0.1, 0.15) is 140 Å². The molecule has 0 spiro atoms. The fourth-order valence-electron chi connectivity index (χ4n) is 7.17. The average molecular weight is 1080 g/mol. The van der Waals surface area contributed by atoms with E-state index in [-0.39, 0.29) is 5.78 Å². The molecule has 76 heavy (non-hydrogen) atoms. The molecule has 0 radical (unpaired) electrons. The van der Waals surface area contributed by atoms with E-state index in [0.29, 0.717) is 0 Å². The van der Waals surface area contributed by atoms with Crippen LogP contribution >= 0.6 is 56.7 Å². The Bertz CT molecular complexity index is 3450. The number of aryl methyl sites for hydroxylation is 13. The predicted molar refractivity (Wildman–Crippen MR) is 335 cm³/mol. The number of hydrogen-bond acceptors (Lipinski definition) is 6. The molecule has 9 aromatic rings. The summed E-state index contributed by atoms with van der Waals surface area (Å²) in [6.07, 6.45) is 0. The molecule has 0 N–H and O–H groups in total. The smallest absolute Gasteiger partial charge is 0.159 e. The summed E-state index contributed by atoms with van der Waals surface area (Å²) in [5.74, 6) is 31.6. The van der Waals surface area contributed by atoms with Crippen LogP contribution < -0.4 is 0 Å². The predicted octanol–water partition coefficient (Wildman–Crippen LogP) is 18.9. The van der Waals surface area contributed by atoms with Crippen molar-refractivity contribution in [2.24, 2.45) is 0 Å². The first-order valence-corrected chi connectivity index (χ1v) is 29.0. The minimum Gasteiger partial charge on any atom is -0.295 e. The number of thiophene rings is 5. The molecular formula is C70H66OS5. The summed E-state index contributed by atoms with van der Waals surface area (Å²) in [7, 11) is 0. The number of carbonyl (C=O) groups excluding carboxylic acids is 1. The van der Waals surface area contributed by atoms with Crippen molar-refractivity contribution in [2.75, 3.05) is 0 Å². The van der Waals surface area contributed by atoms with E-state index in [2.05, 4.69) is 252 Å². The maximum atomic E-state index is 11.1. The van der Waals surface area contributed by atoms with Gasteiger partial charge in [0.05, 0.1) is 0 Å². The molecule has 0 amide bonds. The van der Waals surface area contributed by atoms with Gasteiger partial charge in [0.25, 0.3) is 0 Å². The standard InChI is InChI=1S/C16H14OS.3C15H14S.C9H10S/c1-11-10-16(13(3)18-11)9-6-14-4-7-15(8-5-14)12(2)17;3*1-11-4-6-14(7-5-11)8-9-15-10-12(2)16-13(15)3;1-4-5-9-6-7(2)10-8(9)3/h4-5,7-8,10H,1-3H3;3*4-7,10H,1-3H3;6H,1-3H3. The molecule has 382 valence electrons. The molecule has 0 saturated heterocycles. The Morgan fingerprint density at radius 1 is 0.303 bits per heavy atom. The second kappa shape index (κ2) is 29.8. The van der Waals surface area contributed by atoms with Gasteiger partial charge < -0.3 is 0 Å². The van der Waals surface area contributed by atoms with Crippen LogP contribution in [0.15, 0.2) is 127 Å². The lowest BCUT2D eigenvalue weighted by atomic mass is 10.1. The van der Waals surface area contributed by atoms with E-state index >= 15 is 0 Å². The van der Waals surface area contributed by atoms with E-state index in [4.69, 9.17) is 0 Å². The molecule has 0 aliphatic heterocycles. The Labute approximate surface area is 475 Å². The van der Waals surface area contributed by atoms with Crippen LogP contribution in [0.2, 0.25) is 0 Å². The van der Waals surface area contributed by atoms with Crippen LogP contribution in [-0.4, -0.2) is 5.78 Å². The highest BCUT2D eigenvalue weighted by atomic mass is 32.1. The summed E-state index contributed by atoms with van der Waals surface area (Å²) >= 11 is 8.98. The number of Topliss-reactive ketones (excluding diaryl/α,β-unsaturated/α-hetero) is 1. The SMILES string of the molecule is CC#Cc1cc(C)sc1C.CC(=O)c1ccc(C#Cc2cc(C)sc2C)cc1.Cc1ccc(C#Cc2cc(C)sc2C)cc1.Cc1ccc(C#Cc2cc(C)sc2C)cc1.Cc1ccc(C#Cc2cc(C)sc2C)cc1. The average Bonchev–Trinajstić information content (AvgIpc) is 4.18. The van der Waals surface area contributed by atoms with Gasteiger partial charge in [-0.05, 0) is 183 Å². The summed E-state index contributed by atoms with van der Waals surface area (Å²) < 4.78 is 0. The molecule has 0 unspecified atom stereocenters. The molecular weight excluding hydrogens is 1020 g/mol. The molecule has 6 heteroatoms. The summed E-state index contributed by atoms with van der Waals surface area (Å²) in [5.41, 5.74) is 14.4. The molecule has 0 aliphatic rings. The van der Waals surface area contributed by atoms with Crippen LogP contribution in [0, 0.1) is 149 Å². The molecule has 0 bridgehead atoms. The van der Waals surface area contributed by atoms with Crippen molar-refractivity contribution in [3.8, 4) is 59.2 Å². The fraction of sp³-hybridized carbons (Fsp3) is 0.214. The third-order valence-corrected chi connectivity index (χ3v) is 16.1. The third-order valence-electron chi connectivity index (χ3n) is 11.3. The zero-order valence-corrected chi connectivity index (χ0v) is 50.7. The van der Waals surface area contributed by atoms with Crippen molar-refractivity contribution in [2.45, 2.75) is 104 Å². The Kier molecular flexibility index (Phi) is 23.4. The molecule has 0 aliphatic carbocycles. The Balaban J connectivity index is 0.000000177. The lowest BCUT2D eigenvalue weighted by molar-refractivity contribution is 0.101. The third kappa shape index (κ3) is 20.2. The number of carbonyl (C=O) groups is 1. The van der Waals surface area contributed by atoms with Crippen LogP contribution in [0.25, 0.3) is 0 Å². The first kappa shape index (κ1) is 59.7. The highest BCUT2D eigenvalue weighted by Gasteiger charge is 2.03. The van der Waals surface area contributed by atoms with Gasteiger partial charge in [-0.1, -0.05) is 119 Å². The van der Waals surface area contributed by atoms with Crippen molar-refractivity contribution in [3.63, 3.8) is 0 Å². The maximum absolute atomic E-state index is 11.1. The zero-order chi connectivity index (χ0) is 55.3. The molecule has 4 aromatic carbocycles. The van der Waals surface area contributed by atoms with Crippen LogP contribution in [-0.2, 0) is 0 Å². The van der Waals surface area contributed by atoms with Crippen molar-refractivity contribution < 1.29 is 4.79 Å². The summed E-state index contributed by atoms with van der Waals surface area (Å²) in [4.78, 5) is 24.2. The van der Waals surface area contributed by atoms with Crippen molar-refractivity contribution in [1.82, 2.24) is 0 Å². The van der Waals surface area contributed by atoms with Gasteiger partial charge in [-0.25, -0.2) is 0 Å². The summed E-state index contributed by atoms with van der Waals surface area (Å²) in [6.45, 7) is 30.8. The quantitative estimate of drug-likeness (QED) is 0.118. The van der Waals surface area contributed by atoms with Gasteiger partial charge in [0, 0.05) is 104 Å². The Morgan fingerprint density at radius 2 is 0.513 bits per heavy atom. The van der Waals surface area contributed by atoms with Gasteiger partial charge in [-0.15, -0.1) is 62.6 Å². The van der Waals surface area contributed by atoms with Crippen LogP contribution in [0.5, 0.6) is 0 Å². The first-order chi connectivity index (χ1) is 36.2. The largest absolute Gasteiger partial charge is 0.295 e. The lowest BCUT2D eigenvalue weighted by Gasteiger charge is -1.94.